The Hall–Kier alpha value is -3.33. The summed E-state index contributed by atoms with van der Waals surface area (Å²) in [6.07, 6.45) is 0. The zero-order valence-electron chi connectivity index (χ0n) is 14.1. The van der Waals surface area contributed by atoms with Crippen LogP contribution in [0, 0.1) is 0 Å². The zero-order chi connectivity index (χ0) is 19.0. The van der Waals surface area contributed by atoms with Crippen LogP contribution in [0.15, 0.2) is 46.3 Å². The van der Waals surface area contributed by atoms with Crippen molar-refractivity contribution < 1.29 is 23.6 Å². The summed E-state index contributed by atoms with van der Waals surface area (Å²) in [5.74, 6) is -1.23. The zero-order valence-corrected chi connectivity index (χ0v) is 14.9. The first-order valence-corrected chi connectivity index (χ1v) is 8.94. The van der Waals surface area contributed by atoms with Crippen molar-refractivity contribution in [2.75, 3.05) is 0 Å². The number of hydrogen-bond acceptors (Lipinski definition) is 8. The second-order valence-electron chi connectivity index (χ2n) is 5.80. The molecule has 9 heteroatoms. The first-order valence-electron chi connectivity index (χ1n) is 8.06. The van der Waals surface area contributed by atoms with E-state index in [2.05, 4.69) is 10.1 Å². The molecule has 0 aliphatic carbocycles. The number of imide groups is 1. The molecule has 1 aliphatic heterocycles. The van der Waals surface area contributed by atoms with E-state index in [-0.39, 0.29) is 23.6 Å². The van der Waals surface area contributed by atoms with Crippen LogP contribution < -0.4 is 0 Å². The number of fused-ring (bicyclic) bond motifs is 1. The molecule has 3 heterocycles. The average Bonchev–Trinajstić information content (AvgIpc) is 3.41. The number of ether oxygens (including phenoxy) is 1. The smallest absolute Gasteiger partial charge is 0.329 e. The highest BCUT2D eigenvalue weighted by Crippen LogP contribution is 2.25. The molecule has 136 valence electrons. The van der Waals surface area contributed by atoms with E-state index in [0.29, 0.717) is 5.82 Å². The molecule has 0 radical (unpaired) electrons. The lowest BCUT2D eigenvalue weighted by molar-refractivity contribution is -0.149. The Morgan fingerprint density at radius 2 is 1.89 bits per heavy atom. The number of carbonyl (C=O) groups excluding carboxylic acids is 3. The van der Waals surface area contributed by atoms with Crippen molar-refractivity contribution in [3.63, 3.8) is 0 Å². The molecule has 0 spiro atoms. The standard InChI is InChI=1S/C18H13N3O5S/c1-10(21-16(22)11-5-2-3-6-12(11)17(21)23)18(24)25-9-14-19-15(20-26-14)13-7-4-8-27-13/h2-8,10H,9H2,1H3/t10-/m0/s1. The van der Waals surface area contributed by atoms with E-state index in [9.17, 15) is 14.4 Å². The molecule has 1 aromatic carbocycles. The maximum absolute atomic E-state index is 12.4. The summed E-state index contributed by atoms with van der Waals surface area (Å²) < 4.78 is 10.2. The van der Waals surface area contributed by atoms with Gasteiger partial charge >= 0.3 is 5.97 Å². The summed E-state index contributed by atoms with van der Waals surface area (Å²) in [5, 5.41) is 5.71. The minimum atomic E-state index is -1.07. The Morgan fingerprint density at radius 3 is 2.52 bits per heavy atom. The average molecular weight is 383 g/mol. The lowest BCUT2D eigenvalue weighted by Gasteiger charge is -2.20. The highest BCUT2D eigenvalue weighted by Gasteiger charge is 2.41. The number of thiophene rings is 1. The lowest BCUT2D eigenvalue weighted by Crippen LogP contribution is -2.43. The molecule has 0 fully saturated rings. The fourth-order valence-electron chi connectivity index (χ4n) is 2.74. The molecule has 2 aromatic heterocycles. The normalized spacial score (nSPS) is 14.3. The van der Waals surface area contributed by atoms with Gasteiger partial charge in [-0.05, 0) is 30.5 Å². The predicted octanol–water partition coefficient (Wildman–Crippen LogP) is 2.53. The molecule has 8 nitrogen and oxygen atoms in total. The van der Waals surface area contributed by atoms with E-state index in [1.54, 1.807) is 24.3 Å². The molecule has 2 amide bonds. The number of aromatic nitrogens is 2. The summed E-state index contributed by atoms with van der Waals surface area (Å²) in [6, 6.07) is 9.07. The van der Waals surface area contributed by atoms with Crippen LogP contribution in [0.25, 0.3) is 10.7 Å². The molecule has 0 N–H and O–H groups in total. The Balaban J connectivity index is 1.42. The monoisotopic (exact) mass is 383 g/mol. The summed E-state index contributed by atoms with van der Waals surface area (Å²) in [5.41, 5.74) is 0.555. The van der Waals surface area contributed by atoms with E-state index in [1.807, 2.05) is 17.5 Å². The molecule has 0 saturated carbocycles. The second kappa shape index (κ2) is 6.76. The summed E-state index contributed by atoms with van der Waals surface area (Å²) in [6.45, 7) is 1.19. The van der Waals surface area contributed by atoms with Gasteiger partial charge in [-0.1, -0.05) is 23.4 Å². The maximum Gasteiger partial charge on any atom is 0.329 e. The molecule has 3 aromatic rings. The van der Waals surface area contributed by atoms with E-state index >= 15 is 0 Å². The SMILES string of the molecule is C[C@@H](C(=O)OCc1nc(-c2cccs2)no1)N1C(=O)c2ccccc2C1=O. The predicted molar refractivity (Wildman–Crippen MR) is 93.8 cm³/mol. The fraction of sp³-hybridized carbons (Fsp3) is 0.167. The summed E-state index contributed by atoms with van der Waals surface area (Å²) >= 11 is 1.46. The van der Waals surface area contributed by atoms with Gasteiger partial charge in [0.1, 0.15) is 6.04 Å². The largest absolute Gasteiger partial charge is 0.454 e. The van der Waals surface area contributed by atoms with Crippen LogP contribution in [0.2, 0.25) is 0 Å². The third-order valence-electron chi connectivity index (χ3n) is 4.10. The van der Waals surface area contributed by atoms with E-state index in [4.69, 9.17) is 9.26 Å². The van der Waals surface area contributed by atoms with Crippen molar-refractivity contribution >= 4 is 29.1 Å². The molecule has 1 atom stereocenters. The van der Waals surface area contributed by atoms with Crippen LogP contribution >= 0.6 is 11.3 Å². The lowest BCUT2D eigenvalue weighted by atomic mass is 10.1. The number of rotatable bonds is 5. The Labute approximate surface area is 157 Å². The third kappa shape index (κ3) is 3.02. The maximum atomic E-state index is 12.4. The molecule has 4 rings (SSSR count). The molecule has 0 bridgehead atoms. The van der Waals surface area contributed by atoms with Crippen LogP contribution in [-0.2, 0) is 16.1 Å². The highest BCUT2D eigenvalue weighted by atomic mass is 32.1. The number of benzene rings is 1. The van der Waals surface area contributed by atoms with Crippen molar-refractivity contribution in [3.8, 4) is 10.7 Å². The summed E-state index contributed by atoms with van der Waals surface area (Å²) in [4.78, 5) is 43.0. The minimum absolute atomic E-state index is 0.126. The third-order valence-corrected chi connectivity index (χ3v) is 4.97. The van der Waals surface area contributed by atoms with Gasteiger partial charge in [0.25, 0.3) is 17.7 Å². The van der Waals surface area contributed by atoms with Gasteiger partial charge < -0.3 is 9.26 Å². The molecule has 27 heavy (non-hydrogen) atoms. The van der Waals surface area contributed by atoms with Gasteiger partial charge in [0.2, 0.25) is 5.82 Å². The van der Waals surface area contributed by atoms with Crippen molar-refractivity contribution in [1.29, 1.82) is 0 Å². The van der Waals surface area contributed by atoms with E-state index < -0.39 is 23.8 Å². The first kappa shape index (κ1) is 17.1. The Kier molecular flexibility index (Phi) is 4.28. The molecule has 0 unspecified atom stereocenters. The fourth-order valence-corrected chi connectivity index (χ4v) is 3.39. The number of hydrogen-bond donors (Lipinski definition) is 0. The number of amides is 2. The second-order valence-corrected chi connectivity index (χ2v) is 6.75. The molecule has 0 saturated heterocycles. The van der Waals surface area contributed by atoms with Crippen LogP contribution in [0.1, 0.15) is 33.5 Å². The van der Waals surface area contributed by atoms with Gasteiger partial charge in [-0.15, -0.1) is 11.3 Å². The highest BCUT2D eigenvalue weighted by molar-refractivity contribution is 7.13. The number of esters is 1. The first-order chi connectivity index (χ1) is 13.1. The van der Waals surface area contributed by atoms with Gasteiger partial charge in [-0.2, -0.15) is 4.98 Å². The Morgan fingerprint density at radius 1 is 1.19 bits per heavy atom. The van der Waals surface area contributed by atoms with Crippen molar-refractivity contribution in [2.24, 2.45) is 0 Å². The Bertz CT molecular complexity index is 992. The van der Waals surface area contributed by atoms with Crippen molar-refractivity contribution in [1.82, 2.24) is 15.0 Å². The van der Waals surface area contributed by atoms with E-state index in [0.717, 1.165) is 9.78 Å². The van der Waals surface area contributed by atoms with Crippen LogP contribution in [0.4, 0.5) is 0 Å². The van der Waals surface area contributed by atoms with Crippen LogP contribution in [-0.4, -0.2) is 38.9 Å². The minimum Gasteiger partial charge on any atom is -0.454 e. The summed E-state index contributed by atoms with van der Waals surface area (Å²) in [7, 11) is 0. The van der Waals surface area contributed by atoms with Crippen molar-refractivity contribution in [2.45, 2.75) is 19.6 Å². The van der Waals surface area contributed by atoms with Crippen LogP contribution in [0.5, 0.6) is 0 Å². The van der Waals surface area contributed by atoms with Gasteiger partial charge in [0.05, 0.1) is 16.0 Å². The topological polar surface area (TPSA) is 103 Å². The van der Waals surface area contributed by atoms with Gasteiger partial charge in [-0.25, -0.2) is 4.79 Å². The van der Waals surface area contributed by atoms with Crippen molar-refractivity contribution in [3.05, 3.63) is 58.8 Å². The molecule has 1 aliphatic rings. The quantitative estimate of drug-likeness (QED) is 0.493. The van der Waals surface area contributed by atoms with E-state index in [1.165, 1.54) is 18.3 Å². The number of nitrogens with zero attached hydrogens (tertiary/aromatic N) is 3. The molecular formula is C18H13N3O5S. The van der Waals surface area contributed by atoms with Gasteiger partial charge in [0.15, 0.2) is 6.61 Å². The van der Waals surface area contributed by atoms with Gasteiger partial charge in [0, 0.05) is 0 Å². The van der Waals surface area contributed by atoms with Gasteiger partial charge in [-0.3, -0.25) is 14.5 Å². The molecular weight excluding hydrogens is 370 g/mol. The number of carbonyl (C=O) groups is 3. The van der Waals surface area contributed by atoms with Crippen LogP contribution in [0.3, 0.4) is 0 Å².